The number of carbonyl (C=O) groups is 4. The Bertz CT molecular complexity index is 581. The number of carbonyl (C=O) groups excluding carboxylic acids is 4. The summed E-state index contributed by atoms with van der Waals surface area (Å²) in [7, 11) is 0. The molecule has 0 heterocycles. The van der Waals surface area contributed by atoms with Crippen LogP contribution in [0.3, 0.4) is 0 Å². The molecule has 0 saturated heterocycles. The van der Waals surface area contributed by atoms with Gasteiger partial charge in [0.25, 0.3) is 6.29 Å². The Labute approximate surface area is 209 Å². The van der Waals surface area contributed by atoms with Crippen LogP contribution in [0.15, 0.2) is 0 Å². The number of halogens is 1. The molecule has 0 aliphatic carbocycles. The van der Waals surface area contributed by atoms with Crippen molar-refractivity contribution < 1.29 is 37.7 Å². The van der Waals surface area contributed by atoms with E-state index >= 15 is 0 Å². The molecule has 0 amide bonds. The molecule has 8 nitrogen and oxygen atoms in total. The van der Waals surface area contributed by atoms with Crippen LogP contribution in [-0.4, -0.2) is 36.3 Å². The molecule has 0 bridgehead atoms. The molecule has 9 heteroatoms. The molecule has 0 rings (SSSR count). The van der Waals surface area contributed by atoms with E-state index in [0.717, 1.165) is 57.8 Å². The molecule has 0 spiro atoms. The van der Waals surface area contributed by atoms with Crippen LogP contribution in [0, 0.1) is 0 Å². The summed E-state index contributed by atoms with van der Waals surface area (Å²) in [5.74, 6) is -2.10. The van der Waals surface area contributed by atoms with Gasteiger partial charge in [0.2, 0.25) is 0 Å². The molecule has 0 aromatic carbocycles. The van der Waals surface area contributed by atoms with Crippen LogP contribution in [0.4, 0.5) is 0 Å². The van der Waals surface area contributed by atoms with E-state index in [1.165, 1.54) is 6.92 Å². The van der Waals surface area contributed by atoms with Crippen LogP contribution in [0.2, 0.25) is 0 Å². The first-order valence-corrected chi connectivity index (χ1v) is 13.0. The standard InChI is InChI=1S/C25H43ClO8/c1-4-6-8-10-12-16-21(27)31-20(3)25(32-22(28)17-13-11-9-7-5-2)33-23(29)18-14-15-19-24(30)34-26/h20,25H,4-19H2,1-3H3. The van der Waals surface area contributed by atoms with E-state index in [2.05, 4.69) is 18.1 Å². The second kappa shape index (κ2) is 21.7. The third-order valence-corrected chi connectivity index (χ3v) is 5.43. The fourth-order valence-corrected chi connectivity index (χ4v) is 3.31. The zero-order valence-corrected chi connectivity index (χ0v) is 21.9. The third kappa shape index (κ3) is 18.6. The highest BCUT2D eigenvalue weighted by Crippen LogP contribution is 2.15. The van der Waals surface area contributed by atoms with E-state index in [0.29, 0.717) is 19.3 Å². The first-order valence-electron chi connectivity index (χ1n) is 12.7. The van der Waals surface area contributed by atoms with Crippen molar-refractivity contribution in [2.75, 3.05) is 0 Å². The number of hydrogen-bond donors (Lipinski definition) is 0. The highest BCUT2D eigenvalue weighted by Gasteiger charge is 2.28. The topological polar surface area (TPSA) is 105 Å². The van der Waals surface area contributed by atoms with Crippen LogP contribution in [0.5, 0.6) is 0 Å². The van der Waals surface area contributed by atoms with Crippen LogP contribution in [0.25, 0.3) is 0 Å². The second-order valence-corrected chi connectivity index (χ2v) is 8.68. The van der Waals surface area contributed by atoms with Crippen molar-refractivity contribution in [3.8, 4) is 0 Å². The van der Waals surface area contributed by atoms with Crippen LogP contribution >= 0.6 is 11.9 Å². The lowest BCUT2D eigenvalue weighted by atomic mass is 10.1. The van der Waals surface area contributed by atoms with Crippen LogP contribution < -0.4 is 0 Å². The molecule has 34 heavy (non-hydrogen) atoms. The third-order valence-electron chi connectivity index (χ3n) is 5.26. The molecule has 0 aliphatic heterocycles. The Morgan fingerprint density at radius 2 is 0.912 bits per heavy atom. The molecule has 0 radical (unpaired) electrons. The monoisotopic (exact) mass is 506 g/mol. The summed E-state index contributed by atoms with van der Waals surface area (Å²) in [6.07, 6.45) is 8.94. The van der Waals surface area contributed by atoms with Crippen molar-refractivity contribution in [2.24, 2.45) is 0 Å². The first-order chi connectivity index (χ1) is 16.3. The van der Waals surface area contributed by atoms with Crippen molar-refractivity contribution >= 4 is 35.7 Å². The normalized spacial score (nSPS) is 12.5. The van der Waals surface area contributed by atoms with E-state index in [-0.39, 0.29) is 25.7 Å². The van der Waals surface area contributed by atoms with E-state index in [1.54, 1.807) is 0 Å². The van der Waals surface area contributed by atoms with E-state index in [9.17, 15) is 19.2 Å². The molecule has 0 aliphatic rings. The Kier molecular flexibility index (Phi) is 20.5. The quantitative estimate of drug-likeness (QED) is 0.101. The predicted molar refractivity (Wildman–Crippen MR) is 129 cm³/mol. The van der Waals surface area contributed by atoms with Gasteiger partial charge in [0, 0.05) is 25.7 Å². The van der Waals surface area contributed by atoms with Crippen LogP contribution in [0.1, 0.15) is 124 Å². The van der Waals surface area contributed by atoms with Crippen LogP contribution in [-0.2, 0) is 37.7 Å². The molecular formula is C25H43ClO8. The smallest absolute Gasteiger partial charge is 0.324 e. The van der Waals surface area contributed by atoms with Crippen molar-refractivity contribution in [1.29, 1.82) is 0 Å². The maximum absolute atomic E-state index is 12.3. The van der Waals surface area contributed by atoms with Gasteiger partial charge in [-0.15, -0.1) is 0 Å². The Morgan fingerprint density at radius 1 is 0.559 bits per heavy atom. The van der Waals surface area contributed by atoms with Crippen molar-refractivity contribution in [3.05, 3.63) is 0 Å². The first kappa shape index (κ1) is 32.2. The molecule has 0 N–H and O–H groups in total. The van der Waals surface area contributed by atoms with Gasteiger partial charge >= 0.3 is 23.9 Å². The summed E-state index contributed by atoms with van der Waals surface area (Å²) in [5, 5.41) is 0. The zero-order valence-electron chi connectivity index (χ0n) is 21.1. The van der Waals surface area contributed by atoms with Crippen molar-refractivity contribution in [2.45, 2.75) is 136 Å². The lowest BCUT2D eigenvalue weighted by Crippen LogP contribution is -2.37. The van der Waals surface area contributed by atoms with Gasteiger partial charge in [-0.3, -0.25) is 19.2 Å². The summed E-state index contributed by atoms with van der Waals surface area (Å²) < 4.78 is 20.1. The van der Waals surface area contributed by atoms with Crippen molar-refractivity contribution in [3.63, 3.8) is 0 Å². The molecule has 2 unspecified atom stereocenters. The Balaban J connectivity index is 4.68. The van der Waals surface area contributed by atoms with Gasteiger partial charge in [-0.25, -0.2) is 0 Å². The van der Waals surface area contributed by atoms with E-state index < -0.39 is 36.3 Å². The summed E-state index contributed by atoms with van der Waals surface area (Å²) in [6, 6.07) is 0. The molecule has 0 aromatic heterocycles. The van der Waals surface area contributed by atoms with Gasteiger partial charge in [0.05, 0.1) is 0 Å². The minimum absolute atomic E-state index is 0.0126. The van der Waals surface area contributed by atoms with E-state index in [1.807, 2.05) is 0 Å². The fraction of sp³-hybridized carbons (Fsp3) is 0.840. The maximum Gasteiger partial charge on any atom is 0.324 e. The van der Waals surface area contributed by atoms with Gasteiger partial charge in [0.1, 0.15) is 11.9 Å². The predicted octanol–water partition coefficient (Wildman–Crippen LogP) is 6.31. The molecule has 0 fully saturated rings. The lowest BCUT2D eigenvalue weighted by molar-refractivity contribution is -0.212. The minimum atomic E-state index is -1.31. The molecule has 198 valence electrons. The van der Waals surface area contributed by atoms with Gasteiger partial charge < -0.3 is 18.5 Å². The van der Waals surface area contributed by atoms with Gasteiger partial charge in [-0.05, 0) is 32.6 Å². The number of hydrogen-bond acceptors (Lipinski definition) is 8. The zero-order chi connectivity index (χ0) is 25.6. The van der Waals surface area contributed by atoms with Gasteiger partial charge in [0.15, 0.2) is 6.10 Å². The highest BCUT2D eigenvalue weighted by atomic mass is 35.5. The molecule has 0 saturated carbocycles. The largest absolute Gasteiger partial charge is 0.455 e. The average Bonchev–Trinajstić information content (AvgIpc) is 2.80. The summed E-state index contributed by atoms with van der Waals surface area (Å²) >= 11 is 4.97. The minimum Gasteiger partial charge on any atom is -0.455 e. The van der Waals surface area contributed by atoms with Crippen molar-refractivity contribution in [1.82, 2.24) is 0 Å². The summed E-state index contributed by atoms with van der Waals surface area (Å²) in [6.45, 7) is 5.78. The average molecular weight is 507 g/mol. The maximum atomic E-state index is 12.3. The number of rotatable bonds is 21. The van der Waals surface area contributed by atoms with E-state index in [4.69, 9.17) is 26.1 Å². The molecule has 2 atom stereocenters. The number of unbranched alkanes of at least 4 members (excludes halogenated alkanes) is 9. The molecular weight excluding hydrogens is 464 g/mol. The Morgan fingerprint density at radius 3 is 1.32 bits per heavy atom. The lowest BCUT2D eigenvalue weighted by Gasteiger charge is -2.24. The summed E-state index contributed by atoms with van der Waals surface area (Å²) in [5.41, 5.74) is 0. The fourth-order valence-electron chi connectivity index (χ4n) is 3.24. The number of esters is 3. The second-order valence-electron chi connectivity index (χ2n) is 8.53. The van der Waals surface area contributed by atoms with Gasteiger partial charge in [-0.2, -0.15) is 0 Å². The Hall–Kier alpha value is -1.83. The molecule has 0 aromatic rings. The highest BCUT2D eigenvalue weighted by molar-refractivity contribution is 6.13. The SMILES string of the molecule is CCCCCCCC(=O)OC(C)C(OC(=O)CCCCCCC)OC(=O)CCCCC(=O)OCl. The van der Waals surface area contributed by atoms with Gasteiger partial charge in [-0.1, -0.05) is 65.2 Å². The number of ether oxygens (including phenoxy) is 3. The summed E-state index contributed by atoms with van der Waals surface area (Å²) in [4.78, 5) is 47.8.